The van der Waals surface area contributed by atoms with Crippen molar-refractivity contribution in [3.05, 3.63) is 35.9 Å². The van der Waals surface area contributed by atoms with Gasteiger partial charge >= 0.3 is 0 Å². The van der Waals surface area contributed by atoms with Crippen molar-refractivity contribution in [1.82, 2.24) is 5.32 Å². The van der Waals surface area contributed by atoms with E-state index in [0.29, 0.717) is 0 Å². The second kappa shape index (κ2) is 4.97. The van der Waals surface area contributed by atoms with E-state index in [9.17, 15) is 0 Å². The number of rotatable bonds is 4. The number of nitrogens with one attached hydrogen (secondary N) is 1. The third-order valence-electron chi connectivity index (χ3n) is 1.91. The van der Waals surface area contributed by atoms with E-state index in [2.05, 4.69) is 5.32 Å². The molecular formula is C10H15NO2. The molecule has 1 aromatic rings. The second-order valence-electron chi connectivity index (χ2n) is 3.02. The van der Waals surface area contributed by atoms with E-state index in [0.717, 1.165) is 5.56 Å². The molecule has 3 nitrogen and oxygen atoms in total. The molecule has 0 heterocycles. The zero-order chi connectivity index (χ0) is 9.68. The van der Waals surface area contributed by atoms with E-state index in [1.165, 1.54) is 0 Å². The molecule has 0 aliphatic carbocycles. The van der Waals surface area contributed by atoms with Gasteiger partial charge in [0.25, 0.3) is 0 Å². The summed E-state index contributed by atoms with van der Waals surface area (Å²) in [4.78, 5) is 0. The van der Waals surface area contributed by atoms with E-state index < -0.39 is 6.29 Å². The third-order valence-corrected chi connectivity index (χ3v) is 1.91. The van der Waals surface area contributed by atoms with Crippen molar-refractivity contribution in [2.24, 2.45) is 0 Å². The van der Waals surface area contributed by atoms with E-state index >= 15 is 0 Å². The van der Waals surface area contributed by atoms with Gasteiger partial charge in [0.15, 0.2) is 6.29 Å². The smallest absolute Gasteiger partial charge is 0.164 e. The zero-order valence-corrected chi connectivity index (χ0v) is 7.64. The molecule has 1 atom stereocenters. The average Bonchev–Trinajstić information content (AvgIpc) is 2.15. The third kappa shape index (κ3) is 3.55. The van der Waals surface area contributed by atoms with Crippen LogP contribution in [0.25, 0.3) is 0 Å². The summed E-state index contributed by atoms with van der Waals surface area (Å²) < 4.78 is 0. The van der Waals surface area contributed by atoms with Gasteiger partial charge in [0.2, 0.25) is 0 Å². The zero-order valence-electron chi connectivity index (χ0n) is 7.64. The molecule has 72 valence electrons. The highest BCUT2D eigenvalue weighted by Gasteiger charge is 2.04. The Kier molecular flexibility index (Phi) is 3.89. The molecule has 3 N–H and O–H groups in total. The van der Waals surface area contributed by atoms with Gasteiger partial charge in [-0.15, -0.1) is 0 Å². The Balaban J connectivity index is 2.44. The first-order chi connectivity index (χ1) is 6.20. The second-order valence-corrected chi connectivity index (χ2v) is 3.02. The molecule has 0 amide bonds. The Hall–Kier alpha value is -0.900. The topological polar surface area (TPSA) is 52.5 Å². The van der Waals surface area contributed by atoms with Crippen LogP contribution in [0.3, 0.4) is 0 Å². The Morgan fingerprint density at radius 1 is 1.23 bits per heavy atom. The van der Waals surface area contributed by atoms with Crippen LogP contribution in [0.1, 0.15) is 18.5 Å². The van der Waals surface area contributed by atoms with Crippen molar-refractivity contribution in [2.45, 2.75) is 19.3 Å². The van der Waals surface area contributed by atoms with Crippen molar-refractivity contribution < 1.29 is 10.2 Å². The lowest BCUT2D eigenvalue weighted by Gasteiger charge is -2.14. The van der Waals surface area contributed by atoms with Gasteiger partial charge in [0.1, 0.15) is 0 Å². The largest absolute Gasteiger partial charge is 0.367 e. The molecule has 13 heavy (non-hydrogen) atoms. The first-order valence-corrected chi connectivity index (χ1v) is 4.34. The van der Waals surface area contributed by atoms with E-state index in [-0.39, 0.29) is 12.6 Å². The predicted octanol–water partition coefficient (Wildman–Crippen LogP) is 0.648. The summed E-state index contributed by atoms with van der Waals surface area (Å²) in [5.41, 5.74) is 1.14. The molecule has 0 saturated heterocycles. The summed E-state index contributed by atoms with van der Waals surface area (Å²) >= 11 is 0. The molecule has 0 aromatic heterocycles. The van der Waals surface area contributed by atoms with Gasteiger partial charge in [0.05, 0.1) is 0 Å². The molecule has 0 aliphatic rings. The first kappa shape index (κ1) is 10.2. The van der Waals surface area contributed by atoms with Crippen molar-refractivity contribution >= 4 is 0 Å². The minimum absolute atomic E-state index is 0.142. The molecule has 0 saturated carbocycles. The number of hydrogen-bond donors (Lipinski definition) is 3. The van der Waals surface area contributed by atoms with Gasteiger partial charge in [-0.25, -0.2) is 0 Å². The lowest BCUT2D eigenvalue weighted by molar-refractivity contribution is -0.0386. The SMILES string of the molecule is CC(NCC(O)O)c1ccccc1. The average molecular weight is 181 g/mol. The highest BCUT2D eigenvalue weighted by Crippen LogP contribution is 2.10. The maximum absolute atomic E-state index is 8.64. The van der Waals surface area contributed by atoms with E-state index in [1.54, 1.807) is 0 Å². The fraction of sp³-hybridized carbons (Fsp3) is 0.400. The summed E-state index contributed by atoms with van der Waals surface area (Å²) in [5, 5.41) is 20.3. The van der Waals surface area contributed by atoms with Crippen LogP contribution in [-0.2, 0) is 0 Å². The summed E-state index contributed by atoms with van der Waals surface area (Å²) in [5.74, 6) is 0. The highest BCUT2D eigenvalue weighted by atomic mass is 16.5. The number of aliphatic hydroxyl groups is 2. The van der Waals surface area contributed by atoms with E-state index in [4.69, 9.17) is 10.2 Å². The Labute approximate surface area is 78.0 Å². The quantitative estimate of drug-likeness (QED) is 0.598. The van der Waals surface area contributed by atoms with Crippen LogP contribution in [-0.4, -0.2) is 23.0 Å². The lowest BCUT2D eigenvalue weighted by Crippen LogP contribution is -2.28. The van der Waals surface area contributed by atoms with Crippen LogP contribution < -0.4 is 5.32 Å². The Morgan fingerprint density at radius 2 is 1.85 bits per heavy atom. The number of benzene rings is 1. The summed E-state index contributed by atoms with van der Waals surface area (Å²) in [6.45, 7) is 2.17. The van der Waals surface area contributed by atoms with Gasteiger partial charge in [0, 0.05) is 12.6 Å². The van der Waals surface area contributed by atoms with Crippen molar-refractivity contribution in [3.63, 3.8) is 0 Å². The van der Waals surface area contributed by atoms with Crippen LogP contribution in [0.15, 0.2) is 30.3 Å². The monoisotopic (exact) mass is 181 g/mol. The fourth-order valence-electron chi connectivity index (χ4n) is 1.14. The molecule has 1 aromatic carbocycles. The Bertz CT molecular complexity index is 236. The molecule has 0 spiro atoms. The van der Waals surface area contributed by atoms with Crippen molar-refractivity contribution in [1.29, 1.82) is 0 Å². The summed E-state index contributed by atoms with van der Waals surface area (Å²) in [6, 6.07) is 10.0. The number of hydrogen-bond acceptors (Lipinski definition) is 3. The van der Waals surface area contributed by atoms with E-state index in [1.807, 2.05) is 37.3 Å². The molecule has 1 rings (SSSR count). The standard InChI is InChI=1S/C10H15NO2/c1-8(11-7-10(12)13)9-5-3-2-4-6-9/h2-6,8,10-13H,7H2,1H3. The molecule has 0 radical (unpaired) electrons. The highest BCUT2D eigenvalue weighted by molar-refractivity contribution is 5.17. The number of aliphatic hydroxyl groups excluding tert-OH is 1. The van der Waals surface area contributed by atoms with Gasteiger partial charge in [-0.1, -0.05) is 30.3 Å². The normalized spacial score (nSPS) is 13.2. The molecular weight excluding hydrogens is 166 g/mol. The van der Waals surface area contributed by atoms with Gasteiger partial charge in [-0.3, -0.25) is 0 Å². The van der Waals surface area contributed by atoms with Gasteiger partial charge < -0.3 is 15.5 Å². The molecule has 0 aliphatic heterocycles. The van der Waals surface area contributed by atoms with Crippen molar-refractivity contribution in [3.8, 4) is 0 Å². The maximum atomic E-state index is 8.64. The van der Waals surface area contributed by atoms with Gasteiger partial charge in [-0.2, -0.15) is 0 Å². The minimum atomic E-state index is -1.29. The lowest BCUT2D eigenvalue weighted by atomic mass is 10.1. The fourth-order valence-corrected chi connectivity index (χ4v) is 1.14. The minimum Gasteiger partial charge on any atom is -0.367 e. The molecule has 0 bridgehead atoms. The van der Waals surface area contributed by atoms with Gasteiger partial charge in [-0.05, 0) is 12.5 Å². The van der Waals surface area contributed by atoms with Crippen molar-refractivity contribution in [2.75, 3.05) is 6.54 Å². The molecule has 1 unspecified atom stereocenters. The predicted molar refractivity (Wildman–Crippen MR) is 51.1 cm³/mol. The molecule has 3 heteroatoms. The summed E-state index contributed by atoms with van der Waals surface area (Å²) in [6.07, 6.45) is -1.29. The molecule has 0 fully saturated rings. The maximum Gasteiger partial charge on any atom is 0.164 e. The Morgan fingerprint density at radius 3 is 2.38 bits per heavy atom. The van der Waals surface area contributed by atoms with Crippen LogP contribution >= 0.6 is 0 Å². The summed E-state index contributed by atoms with van der Waals surface area (Å²) in [7, 11) is 0. The first-order valence-electron chi connectivity index (χ1n) is 4.34. The van der Waals surface area contributed by atoms with Crippen LogP contribution in [0, 0.1) is 0 Å². The van der Waals surface area contributed by atoms with Crippen LogP contribution in [0.5, 0.6) is 0 Å². The van der Waals surface area contributed by atoms with Crippen LogP contribution in [0.4, 0.5) is 0 Å². The van der Waals surface area contributed by atoms with Crippen LogP contribution in [0.2, 0.25) is 0 Å².